The van der Waals surface area contributed by atoms with Crippen molar-refractivity contribution >= 4 is 102 Å². The van der Waals surface area contributed by atoms with Crippen LogP contribution in [0.15, 0.2) is 111 Å². The highest BCUT2D eigenvalue weighted by Crippen LogP contribution is 2.42. The van der Waals surface area contributed by atoms with Gasteiger partial charge < -0.3 is 58.4 Å². The third-order valence-corrected chi connectivity index (χ3v) is 18.4. The molecular weight excluding hydrogens is 1240 g/mol. The van der Waals surface area contributed by atoms with Gasteiger partial charge >= 0.3 is 0 Å². The molecule has 27 heteroatoms. The van der Waals surface area contributed by atoms with Crippen molar-refractivity contribution in [2.75, 3.05) is 16.0 Å². The van der Waals surface area contributed by atoms with Gasteiger partial charge in [0.15, 0.2) is 40.2 Å². The number of oxazole rings is 3. The number of anilines is 6. The van der Waals surface area contributed by atoms with Crippen molar-refractivity contribution in [2.24, 2.45) is 21.1 Å². The van der Waals surface area contributed by atoms with Crippen LogP contribution in [0.5, 0.6) is 17.6 Å². The molecule has 3 aliphatic carbocycles. The first-order valence-electron chi connectivity index (χ1n) is 33.3. The Hall–Kier alpha value is -11.6. The molecule has 27 nitrogen and oxygen atoms in total. The number of benzene rings is 3. The number of H-pyrrole nitrogens is 3. The first kappa shape index (κ1) is 61.2. The lowest BCUT2D eigenvalue weighted by molar-refractivity contribution is 0.204. The Morgan fingerprint density at radius 1 is 0.459 bits per heavy atom. The molecule has 0 amide bonds. The highest BCUT2D eigenvalue weighted by Gasteiger charge is 2.27. The van der Waals surface area contributed by atoms with Gasteiger partial charge in [-0.1, -0.05) is 18.2 Å². The van der Waals surface area contributed by atoms with Gasteiger partial charge in [0, 0.05) is 95.0 Å². The normalized spacial score (nSPS) is 14.5. The summed E-state index contributed by atoms with van der Waals surface area (Å²) >= 11 is 0. The second-order valence-electron chi connectivity index (χ2n) is 25.5. The van der Waals surface area contributed by atoms with Crippen molar-refractivity contribution in [3.05, 3.63) is 127 Å². The van der Waals surface area contributed by atoms with Crippen LogP contribution in [-0.4, -0.2) is 107 Å². The Morgan fingerprint density at radius 2 is 0.867 bits per heavy atom. The summed E-state index contributed by atoms with van der Waals surface area (Å²) in [4.78, 5) is 51.6. The highest BCUT2D eigenvalue weighted by molar-refractivity contribution is 6.02. The van der Waals surface area contributed by atoms with Crippen molar-refractivity contribution in [1.29, 1.82) is 0 Å². The van der Waals surface area contributed by atoms with E-state index in [-0.39, 0.29) is 18.3 Å². The molecule has 98 heavy (non-hydrogen) atoms. The molecule has 498 valence electrons. The number of aryl methyl sites for hydroxylation is 7. The number of aromatic amines is 3. The molecule has 6 N–H and O–H groups in total. The number of nitrogens with one attached hydrogen (secondary N) is 6. The molecule has 15 aromatic rings. The number of aromatic nitrogens is 18. The lowest BCUT2D eigenvalue weighted by Crippen LogP contribution is -2.13. The maximum atomic E-state index is 6.45. The van der Waals surface area contributed by atoms with E-state index < -0.39 is 0 Å². The van der Waals surface area contributed by atoms with Crippen LogP contribution >= 0.6 is 0 Å². The summed E-state index contributed by atoms with van der Waals surface area (Å²) in [7, 11) is 5.66. The molecule has 0 spiro atoms. The first-order chi connectivity index (χ1) is 47.7. The van der Waals surface area contributed by atoms with Gasteiger partial charge in [0.05, 0.1) is 39.9 Å². The van der Waals surface area contributed by atoms with Crippen LogP contribution in [-0.2, 0) is 21.1 Å². The minimum atomic E-state index is 0.162. The number of nitrogens with zero attached hydrogens (tertiary/aromatic N) is 15. The van der Waals surface area contributed by atoms with Gasteiger partial charge in [-0.05, 0) is 144 Å². The number of hydrogen-bond acceptors (Lipinski definition) is 21. The van der Waals surface area contributed by atoms with E-state index in [1.54, 1.807) is 21.8 Å². The third-order valence-electron chi connectivity index (χ3n) is 18.4. The molecule has 3 aromatic carbocycles. The molecule has 12 aromatic heterocycles. The summed E-state index contributed by atoms with van der Waals surface area (Å²) < 4.78 is 41.9. The van der Waals surface area contributed by atoms with Crippen LogP contribution in [0.2, 0.25) is 0 Å². The Kier molecular flexibility index (Phi) is 15.9. The molecular formula is C71H73N21O6. The maximum absolute atomic E-state index is 6.45. The molecule has 0 saturated heterocycles. The van der Waals surface area contributed by atoms with E-state index >= 15 is 0 Å². The fourth-order valence-corrected chi connectivity index (χ4v) is 13.4. The second kappa shape index (κ2) is 25.5. The monoisotopic (exact) mass is 1320 g/mol. The van der Waals surface area contributed by atoms with E-state index in [1.807, 2.05) is 146 Å². The van der Waals surface area contributed by atoms with Gasteiger partial charge in [-0.25, -0.2) is 15.0 Å². The van der Waals surface area contributed by atoms with Crippen molar-refractivity contribution < 1.29 is 27.5 Å². The molecule has 0 radical (unpaired) electrons. The van der Waals surface area contributed by atoms with Crippen molar-refractivity contribution in [2.45, 2.75) is 130 Å². The lowest BCUT2D eigenvalue weighted by Gasteiger charge is -2.15. The Labute approximate surface area is 560 Å². The van der Waals surface area contributed by atoms with Gasteiger partial charge in [0.25, 0.3) is 0 Å². The van der Waals surface area contributed by atoms with E-state index in [0.717, 1.165) is 150 Å². The van der Waals surface area contributed by atoms with Gasteiger partial charge in [-0.3, -0.25) is 14.0 Å². The molecule has 3 fully saturated rings. The maximum Gasteiger partial charge on any atom is 0.233 e. The molecule has 0 unspecified atom stereocenters. The Balaban J connectivity index is 0.000000115. The summed E-state index contributed by atoms with van der Waals surface area (Å²) in [5.41, 5.74) is 15.7. The van der Waals surface area contributed by atoms with Crippen LogP contribution in [0, 0.1) is 34.6 Å². The van der Waals surface area contributed by atoms with Crippen LogP contribution in [0.4, 0.5) is 35.2 Å². The molecule has 12 heterocycles. The summed E-state index contributed by atoms with van der Waals surface area (Å²) in [6.45, 7) is 9.55. The minimum Gasteiger partial charge on any atom is -0.474 e. The zero-order valence-corrected chi connectivity index (χ0v) is 55.6. The summed E-state index contributed by atoms with van der Waals surface area (Å²) in [5, 5.41) is 25.3. The van der Waals surface area contributed by atoms with Gasteiger partial charge in [-0.2, -0.15) is 45.2 Å². The van der Waals surface area contributed by atoms with E-state index in [1.165, 1.54) is 38.5 Å². The quantitative estimate of drug-likeness (QED) is 0.0555. The topological polar surface area (TPSA) is 320 Å². The zero-order valence-electron chi connectivity index (χ0n) is 55.6. The van der Waals surface area contributed by atoms with Crippen molar-refractivity contribution in [3.63, 3.8) is 0 Å². The number of fused-ring (bicyclic) bond motifs is 6. The lowest BCUT2D eigenvalue weighted by atomic mass is 10.1. The molecule has 18 rings (SSSR count). The Morgan fingerprint density at radius 3 is 1.23 bits per heavy atom. The van der Waals surface area contributed by atoms with E-state index in [9.17, 15) is 0 Å². The largest absolute Gasteiger partial charge is 0.474 e. The number of rotatable bonds is 15. The standard InChI is InChI=1S/2C24H25N7O2.C23H23N7O2/c1-13-19(12-26-31(13)3)28-24-29-22-21(23(30-24)33-16-6-4-5-7-16)17(11-25-22)15-8-9-18-20(10-15)32-14(2)27-18;1-13-12-31(3)30-21(13)27-24-28-22-20(23(29-24)33-16-6-4-5-7-16)17(11-25-22)15-8-9-18-19(10-15)32-14(2)26-18;1-13-26-17-8-7-14(11-18(17)31-13)16-12-24-21-20(16)22(32-15-5-3-4-6-15)29-23(28-21)27-19-9-10-25-30(19)2/h8-12,16H,4-7H2,1-3H3,(H2,25,28,29,30);8-12,16H,4-7H2,1-3H3,(H2,25,27,28,29,30);7-12,15H,3-6H2,1-2H3,(H2,24,27,28,29). The van der Waals surface area contributed by atoms with Crippen LogP contribution in [0.25, 0.3) is 99.8 Å². The van der Waals surface area contributed by atoms with Crippen molar-refractivity contribution in [3.8, 4) is 51.0 Å². The molecule has 3 aliphatic rings. The average Bonchev–Trinajstić information content (AvgIpc) is 1.60. The smallest absolute Gasteiger partial charge is 0.233 e. The van der Waals surface area contributed by atoms with Crippen LogP contribution < -0.4 is 30.2 Å². The van der Waals surface area contributed by atoms with Gasteiger partial charge in [0.2, 0.25) is 35.5 Å². The predicted octanol–water partition coefficient (Wildman–Crippen LogP) is 15.2. The Bertz CT molecular complexity index is 5250. The van der Waals surface area contributed by atoms with E-state index in [0.29, 0.717) is 70.1 Å². The fourth-order valence-electron chi connectivity index (χ4n) is 13.4. The van der Waals surface area contributed by atoms with Gasteiger partial charge in [-0.15, -0.1) is 0 Å². The van der Waals surface area contributed by atoms with Crippen LogP contribution in [0.1, 0.15) is 106 Å². The molecule has 3 saturated carbocycles. The van der Waals surface area contributed by atoms with E-state index in [4.69, 9.17) is 57.4 Å². The SMILES string of the molecule is Cc1nc2ccc(-c3c[nH]c4nc(Nc5ccnn5C)nc(OC5CCCC5)c34)cc2o1.Cc1nc2ccc(-c3c[nH]c4nc(Nc5cnn(C)c5C)nc(OC5CCCC5)c34)cc2o1.Cc1nc2ccc(-c3c[nH]c4nc(Nc5nn(C)cc5C)nc(OC5CCCC5)c34)cc2o1. The average molecular weight is 1320 g/mol. The first-order valence-corrected chi connectivity index (χ1v) is 33.3. The zero-order chi connectivity index (χ0) is 66.7. The summed E-state index contributed by atoms with van der Waals surface area (Å²) in [6.07, 6.45) is 25.1. The molecule has 0 atom stereocenters. The third kappa shape index (κ3) is 12.3. The minimum absolute atomic E-state index is 0.162. The molecule has 0 aliphatic heterocycles. The fraction of sp³-hybridized carbons (Fsp3) is 0.324. The van der Waals surface area contributed by atoms with Gasteiger partial charge in [0.1, 0.15) is 57.6 Å². The summed E-state index contributed by atoms with van der Waals surface area (Å²) in [6, 6.07) is 19.9. The van der Waals surface area contributed by atoms with Crippen LogP contribution in [0.3, 0.4) is 0 Å². The molecule has 0 bridgehead atoms. The number of hydrogen-bond donors (Lipinski definition) is 6. The van der Waals surface area contributed by atoms with Crippen molar-refractivity contribution in [1.82, 2.24) is 89.1 Å². The summed E-state index contributed by atoms with van der Waals surface area (Å²) in [5.74, 6) is 6.60. The van der Waals surface area contributed by atoms with E-state index in [2.05, 4.69) is 61.2 Å². The predicted molar refractivity (Wildman–Crippen MR) is 372 cm³/mol. The second-order valence-corrected chi connectivity index (χ2v) is 25.5. The number of ether oxygens (including phenoxy) is 3. The highest BCUT2D eigenvalue weighted by atomic mass is 16.5.